The Morgan fingerprint density at radius 2 is 2.04 bits per heavy atom. The molecule has 0 radical (unpaired) electrons. The fraction of sp³-hybridized carbons (Fsp3) is 0.222. The zero-order chi connectivity index (χ0) is 17.1. The Hall–Kier alpha value is -2.73. The van der Waals surface area contributed by atoms with Gasteiger partial charge in [0, 0.05) is 6.54 Å². The number of carbonyl (C=O) groups is 2. The van der Waals surface area contributed by atoms with Gasteiger partial charge in [-0.3, -0.25) is 19.4 Å². The van der Waals surface area contributed by atoms with E-state index in [9.17, 15) is 14.0 Å². The van der Waals surface area contributed by atoms with E-state index in [1.807, 2.05) is 18.2 Å². The summed E-state index contributed by atoms with van der Waals surface area (Å²) in [6, 6.07) is 13.5. The number of fused-ring (bicyclic) bond motifs is 1. The smallest absolute Gasteiger partial charge is 0.244 e. The summed E-state index contributed by atoms with van der Waals surface area (Å²) in [5.74, 6) is -0.681. The molecule has 0 bridgehead atoms. The molecule has 0 fully saturated rings. The fourth-order valence-corrected chi connectivity index (χ4v) is 2.77. The van der Waals surface area contributed by atoms with Crippen molar-refractivity contribution in [3.63, 3.8) is 0 Å². The van der Waals surface area contributed by atoms with Crippen molar-refractivity contribution >= 4 is 23.2 Å². The second-order valence-electron chi connectivity index (χ2n) is 5.85. The average molecular weight is 327 g/mol. The summed E-state index contributed by atoms with van der Waals surface area (Å²) in [6.07, 6.45) is 0. The van der Waals surface area contributed by atoms with E-state index in [0.29, 0.717) is 17.9 Å². The highest BCUT2D eigenvalue weighted by atomic mass is 19.1. The molecule has 3 rings (SSSR count). The maximum absolute atomic E-state index is 13.2. The standard InChI is InChI=1S/C18H18FN3O2/c1-21(10-13-5-4-6-14(19)9-13)12-18(24)22-11-17(23)20-15-7-2-3-8-16(15)22/h2-9H,10-12H2,1H3,(H,20,23). The van der Waals surface area contributed by atoms with Crippen molar-refractivity contribution < 1.29 is 14.0 Å². The lowest BCUT2D eigenvalue weighted by molar-refractivity contribution is -0.122. The predicted molar refractivity (Wildman–Crippen MR) is 90.2 cm³/mol. The van der Waals surface area contributed by atoms with Crippen molar-refractivity contribution in [3.8, 4) is 0 Å². The number of hydrogen-bond donors (Lipinski definition) is 1. The first-order valence-electron chi connectivity index (χ1n) is 7.65. The highest BCUT2D eigenvalue weighted by Crippen LogP contribution is 2.28. The van der Waals surface area contributed by atoms with Gasteiger partial charge in [-0.1, -0.05) is 24.3 Å². The van der Waals surface area contributed by atoms with Gasteiger partial charge in [-0.25, -0.2) is 4.39 Å². The minimum atomic E-state index is -0.297. The number of nitrogens with one attached hydrogen (secondary N) is 1. The summed E-state index contributed by atoms with van der Waals surface area (Å²) in [6.45, 7) is 0.590. The van der Waals surface area contributed by atoms with Crippen molar-refractivity contribution in [2.24, 2.45) is 0 Å². The quantitative estimate of drug-likeness (QED) is 0.937. The van der Waals surface area contributed by atoms with Crippen LogP contribution in [0.15, 0.2) is 48.5 Å². The molecule has 0 unspecified atom stereocenters. The number of anilines is 2. The molecule has 6 heteroatoms. The first kappa shape index (κ1) is 16.1. The highest BCUT2D eigenvalue weighted by Gasteiger charge is 2.26. The van der Waals surface area contributed by atoms with Crippen molar-refractivity contribution in [2.75, 3.05) is 30.4 Å². The lowest BCUT2D eigenvalue weighted by Gasteiger charge is -2.30. The number of halogens is 1. The van der Waals surface area contributed by atoms with Gasteiger partial charge in [-0.05, 0) is 36.9 Å². The molecule has 2 amide bonds. The predicted octanol–water partition coefficient (Wildman–Crippen LogP) is 2.24. The van der Waals surface area contributed by atoms with Gasteiger partial charge in [0.15, 0.2) is 0 Å². The number of nitrogens with zero attached hydrogens (tertiary/aromatic N) is 2. The molecular formula is C18H18FN3O2. The molecule has 0 atom stereocenters. The van der Waals surface area contributed by atoms with Crippen LogP contribution in [-0.4, -0.2) is 36.9 Å². The summed E-state index contributed by atoms with van der Waals surface area (Å²) in [4.78, 5) is 27.7. The first-order valence-corrected chi connectivity index (χ1v) is 7.65. The number of carbonyl (C=O) groups excluding carboxylic acids is 2. The van der Waals surface area contributed by atoms with Crippen LogP contribution in [0, 0.1) is 5.82 Å². The summed E-state index contributed by atoms with van der Waals surface area (Å²) >= 11 is 0. The lowest BCUT2D eigenvalue weighted by atomic mass is 10.2. The molecule has 1 heterocycles. The van der Waals surface area contributed by atoms with E-state index in [-0.39, 0.29) is 30.7 Å². The third-order valence-electron chi connectivity index (χ3n) is 3.82. The molecule has 0 spiro atoms. The maximum Gasteiger partial charge on any atom is 0.244 e. The molecular weight excluding hydrogens is 309 g/mol. The van der Waals surface area contributed by atoms with Crippen LogP contribution in [0.5, 0.6) is 0 Å². The van der Waals surface area contributed by atoms with Crippen molar-refractivity contribution in [1.29, 1.82) is 0 Å². The molecule has 2 aromatic rings. The Morgan fingerprint density at radius 3 is 2.83 bits per heavy atom. The number of para-hydroxylation sites is 2. The van der Waals surface area contributed by atoms with E-state index in [1.54, 1.807) is 30.1 Å². The minimum Gasteiger partial charge on any atom is -0.323 e. The number of hydrogen-bond acceptors (Lipinski definition) is 3. The van der Waals surface area contributed by atoms with Gasteiger partial charge >= 0.3 is 0 Å². The summed E-state index contributed by atoms with van der Waals surface area (Å²) < 4.78 is 13.2. The van der Waals surface area contributed by atoms with Gasteiger partial charge in [0.1, 0.15) is 12.4 Å². The summed E-state index contributed by atoms with van der Waals surface area (Å²) in [5, 5.41) is 2.76. The van der Waals surface area contributed by atoms with Crippen molar-refractivity contribution in [1.82, 2.24) is 4.90 Å². The third kappa shape index (κ3) is 3.60. The van der Waals surface area contributed by atoms with Crippen LogP contribution in [0.2, 0.25) is 0 Å². The third-order valence-corrected chi connectivity index (χ3v) is 3.82. The summed E-state index contributed by atoms with van der Waals surface area (Å²) in [5.41, 5.74) is 2.12. The summed E-state index contributed by atoms with van der Waals surface area (Å²) in [7, 11) is 1.79. The molecule has 0 saturated heterocycles. The Kier molecular flexibility index (Phi) is 4.57. The Morgan fingerprint density at radius 1 is 1.25 bits per heavy atom. The van der Waals surface area contributed by atoms with E-state index in [1.165, 1.54) is 17.0 Å². The highest BCUT2D eigenvalue weighted by molar-refractivity contribution is 6.10. The van der Waals surface area contributed by atoms with E-state index < -0.39 is 0 Å². The van der Waals surface area contributed by atoms with E-state index in [0.717, 1.165) is 5.56 Å². The van der Waals surface area contributed by atoms with Gasteiger partial charge < -0.3 is 5.32 Å². The monoisotopic (exact) mass is 327 g/mol. The molecule has 24 heavy (non-hydrogen) atoms. The second kappa shape index (κ2) is 6.80. The van der Waals surface area contributed by atoms with Crippen LogP contribution in [-0.2, 0) is 16.1 Å². The first-order chi connectivity index (χ1) is 11.5. The average Bonchev–Trinajstić information content (AvgIpc) is 2.53. The van der Waals surface area contributed by atoms with Crippen LogP contribution in [0.4, 0.5) is 15.8 Å². The molecule has 5 nitrogen and oxygen atoms in total. The second-order valence-corrected chi connectivity index (χ2v) is 5.85. The molecule has 124 valence electrons. The lowest BCUT2D eigenvalue weighted by Crippen LogP contribution is -2.45. The van der Waals surface area contributed by atoms with Gasteiger partial charge in [-0.2, -0.15) is 0 Å². The van der Waals surface area contributed by atoms with E-state index >= 15 is 0 Å². The zero-order valence-electron chi connectivity index (χ0n) is 13.3. The Balaban J connectivity index is 1.69. The van der Waals surface area contributed by atoms with Gasteiger partial charge in [-0.15, -0.1) is 0 Å². The number of likely N-dealkylation sites (N-methyl/N-ethyl adjacent to an activating group) is 1. The fourth-order valence-electron chi connectivity index (χ4n) is 2.77. The number of amides is 2. The molecule has 1 N–H and O–H groups in total. The van der Waals surface area contributed by atoms with E-state index in [4.69, 9.17) is 0 Å². The normalized spacial score (nSPS) is 13.6. The van der Waals surface area contributed by atoms with Crippen molar-refractivity contribution in [2.45, 2.75) is 6.54 Å². The molecule has 2 aromatic carbocycles. The number of benzene rings is 2. The van der Waals surface area contributed by atoms with Crippen LogP contribution in [0.3, 0.4) is 0 Å². The van der Waals surface area contributed by atoms with Crippen LogP contribution < -0.4 is 10.2 Å². The van der Waals surface area contributed by atoms with Crippen LogP contribution in [0.1, 0.15) is 5.56 Å². The largest absolute Gasteiger partial charge is 0.323 e. The minimum absolute atomic E-state index is 0.00362. The van der Waals surface area contributed by atoms with Crippen LogP contribution >= 0.6 is 0 Å². The molecule has 0 aliphatic carbocycles. The molecule has 1 aliphatic heterocycles. The van der Waals surface area contributed by atoms with Gasteiger partial charge in [0.05, 0.1) is 17.9 Å². The zero-order valence-corrected chi connectivity index (χ0v) is 13.3. The molecule has 0 saturated carbocycles. The number of rotatable bonds is 4. The topological polar surface area (TPSA) is 52.7 Å². The molecule has 0 aromatic heterocycles. The van der Waals surface area contributed by atoms with Gasteiger partial charge in [0.2, 0.25) is 11.8 Å². The van der Waals surface area contributed by atoms with Crippen LogP contribution in [0.25, 0.3) is 0 Å². The Bertz CT molecular complexity index is 778. The SMILES string of the molecule is CN(CC(=O)N1CC(=O)Nc2ccccc21)Cc1cccc(F)c1. The van der Waals surface area contributed by atoms with Crippen molar-refractivity contribution in [3.05, 3.63) is 59.9 Å². The molecule has 1 aliphatic rings. The maximum atomic E-state index is 13.2. The van der Waals surface area contributed by atoms with E-state index in [2.05, 4.69) is 5.32 Å². The Labute approximate surface area is 139 Å². The van der Waals surface area contributed by atoms with Gasteiger partial charge in [0.25, 0.3) is 0 Å².